The predicted octanol–water partition coefficient (Wildman–Crippen LogP) is 3.03. The fourth-order valence-electron chi connectivity index (χ4n) is 5.36. The molecule has 3 saturated heterocycles. The number of methoxy groups -OCH3 is 1. The summed E-state index contributed by atoms with van der Waals surface area (Å²) in [7, 11) is 1.75. The first-order valence-corrected chi connectivity index (χ1v) is 11.4. The van der Waals surface area contributed by atoms with Crippen molar-refractivity contribution in [2.45, 2.75) is 57.5 Å². The average Bonchev–Trinajstić information content (AvgIpc) is 3.22. The van der Waals surface area contributed by atoms with Crippen LogP contribution in [0.25, 0.3) is 0 Å². The van der Waals surface area contributed by atoms with Crippen LogP contribution in [0.2, 0.25) is 0 Å². The van der Waals surface area contributed by atoms with Crippen molar-refractivity contribution in [2.24, 2.45) is 5.92 Å². The van der Waals surface area contributed by atoms with Crippen LogP contribution >= 0.6 is 0 Å². The lowest BCUT2D eigenvalue weighted by Gasteiger charge is -2.41. The molecular formula is C23H36N4O2. The molecule has 1 aromatic heterocycles. The van der Waals surface area contributed by atoms with Crippen LogP contribution in [0.4, 0.5) is 5.82 Å². The van der Waals surface area contributed by atoms with Gasteiger partial charge in [0.2, 0.25) is 0 Å². The largest absolute Gasteiger partial charge is 0.383 e. The molecular weight excluding hydrogens is 364 g/mol. The molecule has 0 radical (unpaired) electrons. The Labute approximate surface area is 175 Å². The Balaban J connectivity index is 1.32. The van der Waals surface area contributed by atoms with Crippen molar-refractivity contribution in [3.8, 4) is 0 Å². The van der Waals surface area contributed by atoms with E-state index in [1.807, 2.05) is 17.0 Å². The number of hydrogen-bond acceptors (Lipinski definition) is 5. The summed E-state index contributed by atoms with van der Waals surface area (Å²) in [6, 6.07) is 5.00. The molecule has 2 unspecified atom stereocenters. The summed E-state index contributed by atoms with van der Waals surface area (Å²) in [6.07, 6.45) is 8.94. The number of aromatic nitrogens is 1. The number of piperidine rings is 2. The maximum absolute atomic E-state index is 13.0. The van der Waals surface area contributed by atoms with Crippen molar-refractivity contribution in [1.82, 2.24) is 14.8 Å². The number of amides is 1. The number of pyridine rings is 1. The summed E-state index contributed by atoms with van der Waals surface area (Å²) in [5.41, 5.74) is 0.710. The van der Waals surface area contributed by atoms with Gasteiger partial charge in [-0.25, -0.2) is 4.98 Å². The highest BCUT2D eigenvalue weighted by Gasteiger charge is 2.30. The van der Waals surface area contributed by atoms with Gasteiger partial charge >= 0.3 is 0 Å². The number of likely N-dealkylation sites (tertiary alicyclic amines) is 2. The summed E-state index contributed by atoms with van der Waals surface area (Å²) in [5, 5.41) is 0. The Morgan fingerprint density at radius 1 is 1.10 bits per heavy atom. The molecule has 1 aromatic rings. The van der Waals surface area contributed by atoms with E-state index < -0.39 is 0 Å². The first kappa shape index (κ1) is 20.6. The van der Waals surface area contributed by atoms with Gasteiger partial charge in [0, 0.05) is 45.5 Å². The van der Waals surface area contributed by atoms with Crippen LogP contribution in [0.15, 0.2) is 18.3 Å². The molecule has 0 saturated carbocycles. The third-order valence-corrected chi connectivity index (χ3v) is 6.98. The highest BCUT2D eigenvalue weighted by atomic mass is 16.5. The van der Waals surface area contributed by atoms with E-state index in [1.54, 1.807) is 13.3 Å². The minimum absolute atomic E-state index is 0.129. The first-order valence-electron chi connectivity index (χ1n) is 11.4. The van der Waals surface area contributed by atoms with Gasteiger partial charge in [0.25, 0.3) is 5.91 Å². The molecule has 29 heavy (non-hydrogen) atoms. The van der Waals surface area contributed by atoms with Crippen molar-refractivity contribution >= 4 is 11.7 Å². The van der Waals surface area contributed by atoms with Gasteiger partial charge in [-0.3, -0.25) is 9.69 Å². The molecule has 3 fully saturated rings. The van der Waals surface area contributed by atoms with E-state index in [0.29, 0.717) is 17.6 Å². The van der Waals surface area contributed by atoms with Gasteiger partial charge in [0.05, 0.1) is 18.2 Å². The van der Waals surface area contributed by atoms with Crippen LogP contribution in [0.3, 0.4) is 0 Å². The van der Waals surface area contributed by atoms with Gasteiger partial charge in [0.15, 0.2) is 0 Å². The van der Waals surface area contributed by atoms with E-state index in [0.717, 1.165) is 57.2 Å². The van der Waals surface area contributed by atoms with Gasteiger partial charge in [0.1, 0.15) is 5.82 Å². The minimum Gasteiger partial charge on any atom is -0.383 e. The third kappa shape index (κ3) is 4.75. The number of ether oxygens (including phenoxy) is 1. The summed E-state index contributed by atoms with van der Waals surface area (Å²) in [5.74, 6) is 1.90. The fraction of sp³-hybridized carbons (Fsp3) is 0.739. The second kappa shape index (κ2) is 9.43. The maximum atomic E-state index is 13.0. The molecule has 6 nitrogen and oxygen atoms in total. The highest BCUT2D eigenvalue weighted by molar-refractivity contribution is 5.94. The highest BCUT2D eigenvalue weighted by Crippen LogP contribution is 2.26. The Kier molecular flexibility index (Phi) is 6.70. The SMILES string of the molecule is COCC1CCCN1c1ccc(C(=O)N2CCC(N3CCCC(C)C3)CC2)cn1. The van der Waals surface area contributed by atoms with Crippen molar-refractivity contribution in [1.29, 1.82) is 0 Å². The second-order valence-corrected chi connectivity index (χ2v) is 9.12. The molecule has 0 aliphatic carbocycles. The number of hydrogen-bond donors (Lipinski definition) is 0. The quantitative estimate of drug-likeness (QED) is 0.760. The standard InChI is InChI=1S/C23H36N4O2/c1-18-5-3-11-26(16-18)20-9-13-25(14-10-20)23(28)19-7-8-22(24-15-19)27-12-4-6-21(27)17-29-2/h7-8,15,18,20-21H,3-6,9-14,16-17H2,1-2H3. The Bertz CT molecular complexity index is 672. The lowest BCUT2D eigenvalue weighted by molar-refractivity contribution is 0.0541. The van der Waals surface area contributed by atoms with E-state index in [-0.39, 0.29) is 5.91 Å². The molecule has 0 spiro atoms. The smallest absolute Gasteiger partial charge is 0.255 e. The maximum Gasteiger partial charge on any atom is 0.255 e. The molecule has 4 heterocycles. The number of anilines is 1. The number of carbonyl (C=O) groups is 1. The molecule has 3 aliphatic rings. The van der Waals surface area contributed by atoms with Gasteiger partial charge in [-0.2, -0.15) is 0 Å². The molecule has 3 aliphatic heterocycles. The molecule has 4 rings (SSSR count). The van der Waals surface area contributed by atoms with Gasteiger partial charge in [-0.05, 0) is 63.1 Å². The van der Waals surface area contributed by atoms with Crippen molar-refractivity contribution in [3.05, 3.63) is 23.9 Å². The van der Waals surface area contributed by atoms with E-state index in [4.69, 9.17) is 4.74 Å². The van der Waals surface area contributed by atoms with Crippen LogP contribution in [-0.2, 0) is 4.74 Å². The topological polar surface area (TPSA) is 48.9 Å². The van der Waals surface area contributed by atoms with E-state index in [2.05, 4.69) is 21.7 Å². The Hall–Kier alpha value is -1.66. The summed E-state index contributed by atoms with van der Waals surface area (Å²) in [6.45, 7) is 8.28. The zero-order chi connectivity index (χ0) is 20.2. The monoisotopic (exact) mass is 400 g/mol. The first-order chi connectivity index (χ1) is 14.2. The lowest BCUT2D eigenvalue weighted by Crippen LogP contribution is -2.49. The van der Waals surface area contributed by atoms with Gasteiger partial charge in [-0.15, -0.1) is 0 Å². The van der Waals surface area contributed by atoms with E-state index in [9.17, 15) is 4.79 Å². The van der Waals surface area contributed by atoms with Crippen LogP contribution < -0.4 is 4.90 Å². The van der Waals surface area contributed by atoms with Crippen molar-refractivity contribution in [2.75, 3.05) is 51.3 Å². The summed E-state index contributed by atoms with van der Waals surface area (Å²) >= 11 is 0. The molecule has 0 N–H and O–H groups in total. The van der Waals surface area contributed by atoms with Crippen molar-refractivity contribution in [3.63, 3.8) is 0 Å². The Morgan fingerprint density at radius 3 is 2.59 bits per heavy atom. The van der Waals surface area contributed by atoms with Crippen molar-refractivity contribution < 1.29 is 9.53 Å². The number of nitrogens with zero attached hydrogens (tertiary/aromatic N) is 4. The third-order valence-electron chi connectivity index (χ3n) is 6.98. The normalized spacial score (nSPS) is 26.8. The minimum atomic E-state index is 0.129. The molecule has 1 amide bonds. The van der Waals surface area contributed by atoms with Gasteiger partial charge < -0.3 is 14.5 Å². The summed E-state index contributed by atoms with van der Waals surface area (Å²) in [4.78, 5) is 24.6. The lowest BCUT2D eigenvalue weighted by atomic mass is 9.95. The number of rotatable bonds is 5. The molecule has 6 heteroatoms. The van der Waals surface area contributed by atoms with E-state index in [1.165, 1.54) is 32.4 Å². The zero-order valence-corrected chi connectivity index (χ0v) is 18.1. The average molecular weight is 401 g/mol. The second-order valence-electron chi connectivity index (χ2n) is 9.12. The molecule has 2 atom stereocenters. The van der Waals surface area contributed by atoms with E-state index >= 15 is 0 Å². The fourth-order valence-corrected chi connectivity index (χ4v) is 5.36. The predicted molar refractivity (Wildman–Crippen MR) is 115 cm³/mol. The molecule has 160 valence electrons. The molecule has 0 bridgehead atoms. The zero-order valence-electron chi connectivity index (χ0n) is 18.1. The van der Waals surface area contributed by atoms with Crippen LogP contribution in [0.1, 0.15) is 55.8 Å². The number of carbonyl (C=O) groups excluding carboxylic acids is 1. The van der Waals surface area contributed by atoms with Crippen LogP contribution in [0.5, 0.6) is 0 Å². The van der Waals surface area contributed by atoms with Crippen LogP contribution in [0, 0.1) is 5.92 Å². The van der Waals surface area contributed by atoms with Gasteiger partial charge in [-0.1, -0.05) is 6.92 Å². The Morgan fingerprint density at radius 2 is 1.90 bits per heavy atom. The van der Waals surface area contributed by atoms with Crippen LogP contribution in [-0.4, -0.2) is 79.2 Å². The summed E-state index contributed by atoms with van der Waals surface area (Å²) < 4.78 is 5.34. The molecule has 0 aromatic carbocycles.